The monoisotopic (exact) mass is 415 g/mol. The second-order valence-corrected chi connectivity index (χ2v) is 6.92. The van der Waals surface area contributed by atoms with E-state index in [0.29, 0.717) is 29.8 Å². The Balaban J connectivity index is 1.91. The summed E-state index contributed by atoms with van der Waals surface area (Å²) in [5.74, 6) is 0.166. The highest BCUT2D eigenvalue weighted by atomic mass is 19.1. The molecule has 1 aliphatic rings. The second-order valence-electron chi connectivity index (χ2n) is 6.92. The Morgan fingerprint density at radius 3 is 3.03 bits per heavy atom. The second kappa shape index (κ2) is 9.38. The summed E-state index contributed by atoms with van der Waals surface area (Å²) < 4.78 is 20.6. The van der Waals surface area contributed by atoms with Gasteiger partial charge in [0.15, 0.2) is 0 Å². The van der Waals surface area contributed by atoms with E-state index < -0.39 is 12.3 Å². The number of alkyl halides is 1. The molecule has 10 heteroatoms. The van der Waals surface area contributed by atoms with Crippen LogP contribution in [0.25, 0.3) is 11.0 Å². The fraction of sp³-hybridized carbons (Fsp3) is 0.400. The number of nitrogens with one attached hydrogen (secondary N) is 4. The highest BCUT2D eigenvalue weighted by Crippen LogP contribution is 2.30. The van der Waals surface area contributed by atoms with Gasteiger partial charge in [-0.25, -0.2) is 4.39 Å². The van der Waals surface area contributed by atoms with Crippen molar-refractivity contribution in [2.45, 2.75) is 32.5 Å². The molecule has 0 saturated carbocycles. The van der Waals surface area contributed by atoms with E-state index in [1.54, 1.807) is 12.4 Å². The average Bonchev–Trinajstić information content (AvgIpc) is 3.12. The minimum atomic E-state index is -1.23. The zero-order valence-corrected chi connectivity index (χ0v) is 17.0. The number of halogens is 1. The number of amides is 1. The molecule has 0 aliphatic carbocycles. The molecule has 9 nitrogen and oxygen atoms in total. The first kappa shape index (κ1) is 21.3. The number of aromatic amines is 1. The number of likely N-dealkylation sites (tertiary alicyclic amines) is 1. The van der Waals surface area contributed by atoms with Gasteiger partial charge in [-0.3, -0.25) is 4.79 Å². The number of hydrogen-bond acceptors (Lipinski definition) is 7. The number of ether oxygens (including phenoxy) is 1. The lowest BCUT2D eigenvalue weighted by atomic mass is 10.1. The third-order valence-corrected chi connectivity index (χ3v) is 4.80. The van der Waals surface area contributed by atoms with Crippen molar-refractivity contribution in [1.82, 2.24) is 25.2 Å². The molecule has 0 radical (unpaired) electrons. The Morgan fingerprint density at radius 2 is 2.33 bits per heavy atom. The van der Waals surface area contributed by atoms with Crippen LogP contribution in [0.3, 0.4) is 0 Å². The Labute approximate surface area is 173 Å². The van der Waals surface area contributed by atoms with E-state index in [4.69, 9.17) is 10.1 Å². The van der Waals surface area contributed by atoms with Crippen LogP contribution in [0.15, 0.2) is 30.7 Å². The number of piperidine rings is 1. The standard InChI is InChI=1S/C20H26FN7O2/c1-4-16(29)28-7-6-14(21)15(11-28)30-19-17-12(3)9-24-18(17)26-20(27-19)25-13(8-22)10-23-5-2/h4,8-10,14-15,22-23H,1,5-7,11H2,2-3H3,(H2,24,25,26,27)/b13-10+,22-8?/t14-,15+/m1/s1. The van der Waals surface area contributed by atoms with Gasteiger partial charge in [0.05, 0.1) is 17.6 Å². The maximum atomic E-state index is 14.6. The minimum absolute atomic E-state index is 0.107. The van der Waals surface area contributed by atoms with Crippen molar-refractivity contribution in [3.05, 3.63) is 36.3 Å². The molecule has 3 rings (SSSR count). The van der Waals surface area contributed by atoms with Crippen molar-refractivity contribution >= 4 is 29.1 Å². The van der Waals surface area contributed by atoms with Gasteiger partial charge in [-0.05, 0) is 31.9 Å². The molecule has 30 heavy (non-hydrogen) atoms. The van der Waals surface area contributed by atoms with Crippen LogP contribution in [0.2, 0.25) is 0 Å². The summed E-state index contributed by atoms with van der Waals surface area (Å²) in [5, 5.41) is 14.1. The van der Waals surface area contributed by atoms with E-state index >= 15 is 0 Å². The number of aryl methyl sites for hydroxylation is 1. The number of anilines is 1. The van der Waals surface area contributed by atoms with Gasteiger partial charge < -0.3 is 30.7 Å². The normalized spacial score (nSPS) is 19.4. The largest absolute Gasteiger partial charge is 0.469 e. The van der Waals surface area contributed by atoms with Crippen LogP contribution < -0.4 is 15.4 Å². The summed E-state index contributed by atoms with van der Waals surface area (Å²) in [5.41, 5.74) is 1.83. The highest BCUT2D eigenvalue weighted by Gasteiger charge is 2.33. The van der Waals surface area contributed by atoms with Crippen LogP contribution in [-0.2, 0) is 4.79 Å². The first-order chi connectivity index (χ1) is 14.5. The van der Waals surface area contributed by atoms with E-state index in [-0.39, 0.29) is 30.7 Å². The predicted molar refractivity (Wildman–Crippen MR) is 113 cm³/mol. The topological polar surface area (TPSA) is 119 Å². The lowest BCUT2D eigenvalue weighted by Gasteiger charge is -2.34. The van der Waals surface area contributed by atoms with Crippen molar-refractivity contribution in [3.63, 3.8) is 0 Å². The zero-order chi connectivity index (χ0) is 21.7. The molecular formula is C20H26FN7O2. The van der Waals surface area contributed by atoms with Crippen molar-refractivity contribution in [2.75, 3.05) is 25.0 Å². The molecule has 3 heterocycles. The number of aromatic nitrogens is 3. The van der Waals surface area contributed by atoms with Gasteiger partial charge in [0.1, 0.15) is 17.9 Å². The fourth-order valence-corrected chi connectivity index (χ4v) is 3.22. The van der Waals surface area contributed by atoms with Gasteiger partial charge in [0, 0.05) is 31.7 Å². The molecule has 0 spiro atoms. The molecule has 2 atom stereocenters. The van der Waals surface area contributed by atoms with Crippen LogP contribution in [0.5, 0.6) is 5.88 Å². The van der Waals surface area contributed by atoms with Gasteiger partial charge in [0.2, 0.25) is 17.7 Å². The maximum Gasteiger partial charge on any atom is 0.246 e. The summed E-state index contributed by atoms with van der Waals surface area (Å²) in [6.07, 6.45) is 3.84. The molecule has 160 valence electrons. The van der Waals surface area contributed by atoms with E-state index in [2.05, 4.69) is 32.2 Å². The van der Waals surface area contributed by atoms with Crippen LogP contribution in [0, 0.1) is 12.3 Å². The van der Waals surface area contributed by atoms with Gasteiger partial charge in [0.25, 0.3) is 0 Å². The Kier molecular flexibility index (Phi) is 6.65. The molecule has 1 saturated heterocycles. The highest BCUT2D eigenvalue weighted by molar-refractivity contribution is 5.87. The Morgan fingerprint density at radius 1 is 1.53 bits per heavy atom. The van der Waals surface area contributed by atoms with Crippen molar-refractivity contribution < 1.29 is 13.9 Å². The van der Waals surface area contributed by atoms with E-state index in [9.17, 15) is 9.18 Å². The van der Waals surface area contributed by atoms with Gasteiger partial charge in [-0.2, -0.15) is 9.97 Å². The van der Waals surface area contributed by atoms with Crippen LogP contribution >= 0.6 is 0 Å². The van der Waals surface area contributed by atoms with Crippen LogP contribution in [-0.4, -0.2) is 63.9 Å². The number of nitrogens with zero attached hydrogens (tertiary/aromatic N) is 3. The predicted octanol–water partition coefficient (Wildman–Crippen LogP) is 2.28. The van der Waals surface area contributed by atoms with Gasteiger partial charge in [-0.1, -0.05) is 6.58 Å². The molecule has 0 aromatic carbocycles. The molecule has 0 unspecified atom stereocenters. The number of allylic oxidation sites excluding steroid dienone is 1. The molecular weight excluding hydrogens is 389 g/mol. The minimum Gasteiger partial charge on any atom is -0.469 e. The van der Waals surface area contributed by atoms with Gasteiger partial charge in [-0.15, -0.1) is 0 Å². The van der Waals surface area contributed by atoms with E-state index in [1.807, 2.05) is 13.8 Å². The summed E-state index contributed by atoms with van der Waals surface area (Å²) in [4.78, 5) is 25.4. The number of rotatable bonds is 8. The lowest BCUT2D eigenvalue weighted by Crippen LogP contribution is -2.49. The third kappa shape index (κ3) is 4.58. The molecule has 1 amide bonds. The molecule has 0 bridgehead atoms. The van der Waals surface area contributed by atoms with Crippen molar-refractivity contribution in [3.8, 4) is 5.88 Å². The summed E-state index contributed by atoms with van der Waals surface area (Å²) in [6.45, 7) is 8.42. The first-order valence-electron chi connectivity index (χ1n) is 9.75. The van der Waals surface area contributed by atoms with Crippen LogP contribution in [0.1, 0.15) is 18.9 Å². The number of fused-ring (bicyclic) bond motifs is 1. The number of H-pyrrole nitrogens is 1. The average molecular weight is 415 g/mol. The van der Waals surface area contributed by atoms with Crippen molar-refractivity contribution in [2.24, 2.45) is 0 Å². The number of carbonyl (C=O) groups excluding carboxylic acids is 1. The van der Waals surface area contributed by atoms with E-state index in [1.165, 1.54) is 11.0 Å². The molecule has 2 aromatic heterocycles. The number of carbonyl (C=O) groups is 1. The summed E-state index contributed by atoms with van der Waals surface area (Å²) in [6, 6.07) is 0. The summed E-state index contributed by atoms with van der Waals surface area (Å²) >= 11 is 0. The van der Waals surface area contributed by atoms with Crippen LogP contribution in [0.4, 0.5) is 10.3 Å². The SMILES string of the molecule is C=CC(=O)N1CC[C@@H](F)[C@@H](Oc2nc(N/C(C=N)=C/NCC)nc3[nH]cc(C)c23)C1. The fourth-order valence-electron chi connectivity index (χ4n) is 3.22. The first-order valence-corrected chi connectivity index (χ1v) is 9.75. The Hall–Kier alpha value is -3.43. The third-order valence-electron chi connectivity index (χ3n) is 4.80. The van der Waals surface area contributed by atoms with Gasteiger partial charge >= 0.3 is 0 Å². The molecule has 4 N–H and O–H groups in total. The Bertz CT molecular complexity index is 971. The summed E-state index contributed by atoms with van der Waals surface area (Å²) in [7, 11) is 0. The lowest BCUT2D eigenvalue weighted by molar-refractivity contribution is -0.130. The molecule has 1 aliphatic heterocycles. The smallest absolute Gasteiger partial charge is 0.246 e. The quantitative estimate of drug-likeness (QED) is 0.388. The maximum absolute atomic E-state index is 14.6. The van der Waals surface area contributed by atoms with E-state index in [0.717, 1.165) is 11.8 Å². The molecule has 2 aromatic rings. The van der Waals surface area contributed by atoms with Crippen molar-refractivity contribution in [1.29, 1.82) is 5.41 Å². The zero-order valence-electron chi connectivity index (χ0n) is 17.0. The number of hydrogen-bond donors (Lipinski definition) is 4. The molecule has 1 fully saturated rings.